The van der Waals surface area contributed by atoms with Gasteiger partial charge in [-0.15, -0.1) is 0 Å². The van der Waals surface area contributed by atoms with E-state index in [0.29, 0.717) is 18.8 Å². The lowest BCUT2D eigenvalue weighted by molar-refractivity contribution is -0.155. The first-order valence-electron chi connectivity index (χ1n) is 9.77. The summed E-state index contributed by atoms with van der Waals surface area (Å²) in [6.07, 6.45) is 5.54. The number of likely N-dealkylation sites (N-methyl/N-ethyl adjacent to an activating group) is 1. The molecular formula is C19H27N5O2. The molecule has 1 saturated carbocycles. The van der Waals surface area contributed by atoms with E-state index in [2.05, 4.69) is 21.8 Å². The third kappa shape index (κ3) is 2.52. The third-order valence-corrected chi connectivity index (χ3v) is 6.65. The Hall–Kier alpha value is -1.73. The quantitative estimate of drug-likeness (QED) is 0.847. The Morgan fingerprint density at radius 1 is 1.23 bits per heavy atom. The Morgan fingerprint density at radius 2 is 1.96 bits per heavy atom. The van der Waals surface area contributed by atoms with Crippen molar-refractivity contribution in [2.45, 2.75) is 37.2 Å². The number of amides is 1. The zero-order valence-electron chi connectivity index (χ0n) is 15.4. The van der Waals surface area contributed by atoms with E-state index in [1.54, 1.807) is 0 Å². The predicted molar refractivity (Wildman–Crippen MR) is 96.9 cm³/mol. The van der Waals surface area contributed by atoms with Crippen LogP contribution in [0.25, 0.3) is 0 Å². The maximum absolute atomic E-state index is 12.4. The Bertz CT molecular complexity index is 722. The van der Waals surface area contributed by atoms with Gasteiger partial charge in [-0.3, -0.25) is 4.79 Å². The molecule has 1 aromatic heterocycles. The van der Waals surface area contributed by atoms with Gasteiger partial charge < -0.3 is 19.8 Å². The van der Waals surface area contributed by atoms with Crippen LogP contribution in [0.1, 0.15) is 37.3 Å². The molecular weight excluding hydrogens is 330 g/mol. The van der Waals surface area contributed by atoms with Crippen LogP contribution in [0.3, 0.4) is 0 Å². The first-order chi connectivity index (χ1) is 12.5. The van der Waals surface area contributed by atoms with Crippen LogP contribution in [0.4, 0.5) is 5.95 Å². The molecule has 1 aromatic rings. The van der Waals surface area contributed by atoms with Crippen molar-refractivity contribution in [3.05, 3.63) is 18.0 Å². The van der Waals surface area contributed by atoms with Crippen molar-refractivity contribution in [1.82, 2.24) is 19.8 Å². The van der Waals surface area contributed by atoms with E-state index in [1.165, 1.54) is 12.8 Å². The minimum absolute atomic E-state index is 0.0618. The van der Waals surface area contributed by atoms with Crippen LogP contribution in [0.2, 0.25) is 0 Å². The molecule has 3 aliphatic heterocycles. The van der Waals surface area contributed by atoms with Crippen molar-refractivity contribution >= 4 is 11.9 Å². The maximum atomic E-state index is 12.4. The number of carbonyl (C=O) groups excluding carboxylic acids is 1. The smallest absolute Gasteiger partial charge is 0.254 e. The highest BCUT2D eigenvalue weighted by Crippen LogP contribution is 2.50. The van der Waals surface area contributed by atoms with E-state index in [-0.39, 0.29) is 11.3 Å². The molecule has 4 fully saturated rings. The monoisotopic (exact) mass is 357 g/mol. The topological polar surface area (TPSA) is 72.8 Å². The van der Waals surface area contributed by atoms with Crippen molar-refractivity contribution < 1.29 is 9.90 Å². The lowest BCUT2D eigenvalue weighted by atomic mass is 9.70. The van der Waals surface area contributed by atoms with Crippen molar-refractivity contribution in [2.75, 3.05) is 51.2 Å². The molecule has 1 aliphatic carbocycles. The van der Waals surface area contributed by atoms with Gasteiger partial charge in [-0.05, 0) is 38.8 Å². The van der Waals surface area contributed by atoms with E-state index >= 15 is 0 Å². The Balaban J connectivity index is 1.36. The number of aromatic nitrogens is 2. The van der Waals surface area contributed by atoms with Crippen molar-refractivity contribution in [3.63, 3.8) is 0 Å². The molecule has 1 N–H and O–H groups in total. The molecule has 7 heteroatoms. The van der Waals surface area contributed by atoms with E-state index in [0.717, 1.165) is 50.9 Å². The average molecular weight is 357 g/mol. The van der Waals surface area contributed by atoms with Crippen LogP contribution in [0, 0.1) is 5.41 Å². The summed E-state index contributed by atoms with van der Waals surface area (Å²) in [6.45, 7) is 5.48. The highest BCUT2D eigenvalue weighted by molar-refractivity contribution is 5.88. The normalized spacial score (nSPS) is 29.2. The number of carbonyl (C=O) groups is 1. The van der Waals surface area contributed by atoms with Crippen molar-refractivity contribution in [1.29, 1.82) is 0 Å². The predicted octanol–water partition coefficient (Wildman–Crippen LogP) is 0.459. The second-order valence-corrected chi connectivity index (χ2v) is 8.78. The summed E-state index contributed by atoms with van der Waals surface area (Å²) in [5, 5.41) is 10.1. The maximum Gasteiger partial charge on any atom is 0.254 e. The van der Waals surface area contributed by atoms with Gasteiger partial charge in [-0.1, -0.05) is 0 Å². The first-order valence-corrected chi connectivity index (χ1v) is 9.77. The third-order valence-electron chi connectivity index (χ3n) is 6.65. The summed E-state index contributed by atoms with van der Waals surface area (Å²) in [5.74, 6) is 1.09. The molecule has 3 saturated heterocycles. The van der Waals surface area contributed by atoms with E-state index < -0.39 is 5.60 Å². The molecule has 4 heterocycles. The summed E-state index contributed by atoms with van der Waals surface area (Å²) >= 11 is 0. The fourth-order valence-corrected chi connectivity index (χ4v) is 5.05. The van der Waals surface area contributed by atoms with Crippen LogP contribution < -0.4 is 4.90 Å². The number of likely N-dealkylation sites (tertiary alicyclic amines) is 2. The zero-order valence-corrected chi connectivity index (χ0v) is 15.4. The summed E-state index contributed by atoms with van der Waals surface area (Å²) in [5.41, 5.74) is 0.106. The fourth-order valence-electron chi connectivity index (χ4n) is 5.05. The van der Waals surface area contributed by atoms with Crippen LogP contribution in [-0.4, -0.2) is 82.7 Å². The van der Waals surface area contributed by atoms with E-state index in [4.69, 9.17) is 4.98 Å². The molecule has 5 rings (SSSR count). The van der Waals surface area contributed by atoms with Gasteiger partial charge in [-0.2, -0.15) is 0 Å². The van der Waals surface area contributed by atoms with Crippen LogP contribution in [0.15, 0.2) is 12.3 Å². The Kier molecular flexibility index (Phi) is 3.56. The molecule has 140 valence electrons. The van der Waals surface area contributed by atoms with Gasteiger partial charge in [0.05, 0.1) is 5.69 Å². The zero-order chi connectivity index (χ0) is 17.9. The Morgan fingerprint density at radius 3 is 2.65 bits per heavy atom. The SMILES string of the molecule is CN1CC(c2ccnc(N3CCCC3)n2)C2(C1)CN(C(=O)C1(O)CC1)C2. The first kappa shape index (κ1) is 16.4. The molecule has 0 bridgehead atoms. The summed E-state index contributed by atoms with van der Waals surface area (Å²) < 4.78 is 0. The van der Waals surface area contributed by atoms with Crippen LogP contribution in [0.5, 0.6) is 0 Å². The molecule has 1 atom stereocenters. The van der Waals surface area contributed by atoms with Crippen LogP contribution >= 0.6 is 0 Å². The fraction of sp³-hybridized carbons (Fsp3) is 0.737. The van der Waals surface area contributed by atoms with Crippen LogP contribution in [-0.2, 0) is 4.79 Å². The number of hydrogen-bond donors (Lipinski definition) is 1. The van der Waals surface area contributed by atoms with Crippen molar-refractivity contribution in [2.24, 2.45) is 5.41 Å². The molecule has 1 unspecified atom stereocenters. The largest absolute Gasteiger partial charge is 0.380 e. The molecule has 7 nitrogen and oxygen atoms in total. The minimum Gasteiger partial charge on any atom is -0.380 e. The van der Waals surface area contributed by atoms with Gasteiger partial charge in [0.25, 0.3) is 5.91 Å². The number of rotatable bonds is 3. The van der Waals surface area contributed by atoms with Crippen molar-refractivity contribution in [3.8, 4) is 0 Å². The summed E-state index contributed by atoms with van der Waals surface area (Å²) in [7, 11) is 2.14. The van der Waals surface area contributed by atoms with E-state index in [1.807, 2.05) is 17.2 Å². The number of nitrogens with zero attached hydrogens (tertiary/aromatic N) is 5. The van der Waals surface area contributed by atoms with E-state index in [9.17, 15) is 9.90 Å². The molecule has 1 spiro atoms. The van der Waals surface area contributed by atoms with Gasteiger partial charge in [0.1, 0.15) is 5.60 Å². The second-order valence-electron chi connectivity index (χ2n) is 8.78. The number of aliphatic hydroxyl groups is 1. The molecule has 0 aromatic carbocycles. The molecule has 26 heavy (non-hydrogen) atoms. The highest BCUT2D eigenvalue weighted by Gasteiger charge is 2.60. The van der Waals surface area contributed by atoms with Gasteiger partial charge in [0.2, 0.25) is 5.95 Å². The molecule has 0 radical (unpaired) electrons. The van der Waals surface area contributed by atoms with Gasteiger partial charge >= 0.3 is 0 Å². The minimum atomic E-state index is -1.06. The lowest BCUT2D eigenvalue weighted by Gasteiger charge is -2.51. The van der Waals surface area contributed by atoms with Gasteiger partial charge in [0, 0.05) is 56.8 Å². The summed E-state index contributed by atoms with van der Waals surface area (Å²) in [4.78, 5) is 28.3. The number of anilines is 1. The summed E-state index contributed by atoms with van der Waals surface area (Å²) in [6, 6.07) is 2.05. The second kappa shape index (κ2) is 5.63. The lowest BCUT2D eigenvalue weighted by Crippen LogP contribution is -2.63. The highest BCUT2D eigenvalue weighted by atomic mass is 16.3. The molecule has 4 aliphatic rings. The molecule has 1 amide bonds. The number of hydrogen-bond acceptors (Lipinski definition) is 6. The average Bonchev–Trinajstić information content (AvgIpc) is 3.02. The van der Waals surface area contributed by atoms with Gasteiger partial charge in [0.15, 0.2) is 0 Å². The van der Waals surface area contributed by atoms with Gasteiger partial charge in [-0.25, -0.2) is 9.97 Å². The Labute approximate surface area is 154 Å². The standard InChI is InChI=1S/C19H27N5O2/c1-22-10-14(15-4-7-20-17(21-15)23-8-2-3-9-23)18(11-22)12-24(13-18)16(25)19(26)5-6-19/h4,7,14,26H,2-3,5-6,8-13H2,1H3.